The van der Waals surface area contributed by atoms with Crippen molar-refractivity contribution in [3.05, 3.63) is 24.3 Å². The summed E-state index contributed by atoms with van der Waals surface area (Å²) in [5.41, 5.74) is 0. The van der Waals surface area contributed by atoms with Crippen LogP contribution in [0.15, 0.2) is 24.3 Å². The summed E-state index contributed by atoms with van der Waals surface area (Å²) in [7, 11) is 2.74. The Hall–Kier alpha value is -1.75. The van der Waals surface area contributed by atoms with Crippen LogP contribution in [-0.4, -0.2) is 27.2 Å². The van der Waals surface area contributed by atoms with E-state index >= 15 is 0 Å². The number of carbonyl (C=O) groups is 1. The maximum atomic E-state index is 10.9. The number of hydrogen-bond acceptors (Lipinski definition) is 5. The van der Waals surface area contributed by atoms with Crippen molar-refractivity contribution in [1.29, 1.82) is 0 Å². The fourth-order valence-electron chi connectivity index (χ4n) is 0.908. The van der Waals surface area contributed by atoms with Crippen LogP contribution in [0.3, 0.4) is 0 Å². The van der Waals surface area contributed by atoms with Crippen molar-refractivity contribution < 1.29 is 23.7 Å². The number of benzene rings is 1. The fourth-order valence-corrected chi connectivity index (χ4v) is 0.908. The molecule has 0 saturated heterocycles. The van der Waals surface area contributed by atoms with Gasteiger partial charge in [-0.2, -0.15) is 0 Å². The van der Waals surface area contributed by atoms with Crippen molar-refractivity contribution in [2.45, 2.75) is 0 Å². The Kier molecular flexibility index (Phi) is 4.43. The summed E-state index contributed by atoms with van der Waals surface area (Å²) in [5.74, 6) is 0.714. The molecule has 1 aromatic rings. The number of rotatable bonds is 4. The molecule has 5 nitrogen and oxygen atoms in total. The van der Waals surface area contributed by atoms with E-state index in [-0.39, 0.29) is 6.79 Å². The van der Waals surface area contributed by atoms with Gasteiger partial charge in [0, 0.05) is 7.11 Å². The zero-order valence-electron chi connectivity index (χ0n) is 8.56. The highest BCUT2D eigenvalue weighted by Crippen LogP contribution is 2.26. The van der Waals surface area contributed by atoms with Crippen molar-refractivity contribution in [2.75, 3.05) is 21.0 Å². The van der Waals surface area contributed by atoms with Gasteiger partial charge in [-0.25, -0.2) is 4.79 Å². The molecule has 0 unspecified atom stereocenters. The first kappa shape index (κ1) is 11.3. The Balaban J connectivity index is 2.72. The second-order valence-corrected chi connectivity index (χ2v) is 2.55. The van der Waals surface area contributed by atoms with Crippen LogP contribution >= 0.6 is 0 Å². The molecule has 5 heteroatoms. The summed E-state index contributed by atoms with van der Waals surface area (Å²) in [6.07, 6.45) is -0.788. The first-order chi connectivity index (χ1) is 7.27. The molecule has 0 fully saturated rings. The molecule has 0 bridgehead atoms. The average Bonchev–Trinajstić information content (AvgIpc) is 2.28. The zero-order valence-corrected chi connectivity index (χ0v) is 8.56. The van der Waals surface area contributed by atoms with Crippen molar-refractivity contribution in [3.63, 3.8) is 0 Å². The third kappa shape index (κ3) is 3.47. The van der Waals surface area contributed by atoms with Crippen LogP contribution in [0, 0.1) is 0 Å². The summed E-state index contributed by atoms with van der Waals surface area (Å²) in [5, 5.41) is 0. The predicted octanol–water partition coefficient (Wildman–Crippen LogP) is 1.81. The lowest BCUT2D eigenvalue weighted by Crippen LogP contribution is -2.09. The van der Waals surface area contributed by atoms with E-state index in [9.17, 15) is 4.79 Å². The molecule has 0 spiro atoms. The van der Waals surface area contributed by atoms with Crippen molar-refractivity contribution in [3.8, 4) is 11.5 Å². The number of ether oxygens (including phenoxy) is 4. The summed E-state index contributed by atoms with van der Waals surface area (Å²) >= 11 is 0. The van der Waals surface area contributed by atoms with E-state index in [0.717, 1.165) is 0 Å². The van der Waals surface area contributed by atoms with Gasteiger partial charge in [0.25, 0.3) is 0 Å². The van der Waals surface area contributed by atoms with Crippen LogP contribution in [-0.2, 0) is 9.47 Å². The maximum Gasteiger partial charge on any atom is 0.513 e. The number of hydrogen-bond donors (Lipinski definition) is 0. The van der Waals surface area contributed by atoms with Crippen LogP contribution in [0.25, 0.3) is 0 Å². The first-order valence-electron chi connectivity index (χ1n) is 4.24. The highest BCUT2D eigenvalue weighted by atomic mass is 16.7. The van der Waals surface area contributed by atoms with Gasteiger partial charge < -0.3 is 18.9 Å². The zero-order chi connectivity index (χ0) is 11.1. The molecule has 0 aliphatic rings. The van der Waals surface area contributed by atoms with E-state index in [1.807, 2.05) is 0 Å². The van der Waals surface area contributed by atoms with E-state index in [4.69, 9.17) is 14.2 Å². The van der Waals surface area contributed by atoms with Crippen molar-refractivity contribution in [2.24, 2.45) is 0 Å². The average molecular weight is 212 g/mol. The third-order valence-electron chi connectivity index (χ3n) is 1.54. The smallest absolute Gasteiger partial charge is 0.464 e. The SMILES string of the molecule is COCOc1ccccc1OC(=O)OC. The van der Waals surface area contributed by atoms with Gasteiger partial charge in [-0.3, -0.25) is 0 Å². The Morgan fingerprint density at radius 1 is 1.20 bits per heavy atom. The lowest BCUT2D eigenvalue weighted by Gasteiger charge is -2.09. The molecular weight excluding hydrogens is 200 g/mol. The van der Waals surface area contributed by atoms with Gasteiger partial charge in [-0.1, -0.05) is 12.1 Å². The van der Waals surface area contributed by atoms with Gasteiger partial charge in [0.05, 0.1) is 7.11 Å². The second-order valence-electron chi connectivity index (χ2n) is 2.55. The standard InChI is InChI=1S/C10H12O5/c1-12-7-14-8-5-3-4-6-9(8)15-10(11)13-2/h3-6H,7H2,1-2H3. The maximum absolute atomic E-state index is 10.9. The van der Waals surface area contributed by atoms with E-state index < -0.39 is 6.16 Å². The molecule has 0 amide bonds. The van der Waals surface area contributed by atoms with Gasteiger partial charge in [0.2, 0.25) is 0 Å². The highest BCUT2D eigenvalue weighted by molar-refractivity contribution is 5.65. The van der Waals surface area contributed by atoms with Crippen molar-refractivity contribution >= 4 is 6.16 Å². The van der Waals surface area contributed by atoms with E-state index in [1.54, 1.807) is 24.3 Å². The topological polar surface area (TPSA) is 54.0 Å². The minimum absolute atomic E-state index is 0.0849. The van der Waals surface area contributed by atoms with Crippen LogP contribution in [0.2, 0.25) is 0 Å². The van der Waals surface area contributed by atoms with E-state index in [0.29, 0.717) is 11.5 Å². The lowest BCUT2D eigenvalue weighted by atomic mass is 10.3. The molecule has 1 rings (SSSR count). The minimum Gasteiger partial charge on any atom is -0.464 e. The predicted molar refractivity (Wildman–Crippen MR) is 52.0 cm³/mol. The Bertz CT molecular complexity index is 323. The molecule has 15 heavy (non-hydrogen) atoms. The second kappa shape index (κ2) is 5.87. The Morgan fingerprint density at radius 2 is 1.87 bits per heavy atom. The molecule has 0 aliphatic carbocycles. The third-order valence-corrected chi connectivity index (χ3v) is 1.54. The molecule has 0 heterocycles. The summed E-state index contributed by atoms with van der Waals surface area (Å²) in [6, 6.07) is 6.74. The number of para-hydroxylation sites is 2. The molecule has 82 valence electrons. The van der Waals surface area contributed by atoms with Gasteiger partial charge in [0.15, 0.2) is 18.3 Å². The number of carbonyl (C=O) groups excluding carboxylic acids is 1. The molecule has 0 aromatic heterocycles. The fraction of sp³-hybridized carbons (Fsp3) is 0.300. The first-order valence-corrected chi connectivity index (χ1v) is 4.24. The quantitative estimate of drug-likeness (QED) is 0.433. The van der Waals surface area contributed by atoms with Crippen LogP contribution in [0.5, 0.6) is 11.5 Å². The summed E-state index contributed by atoms with van der Waals surface area (Å²) in [6.45, 7) is 0.0849. The van der Waals surface area contributed by atoms with Crippen LogP contribution in [0.1, 0.15) is 0 Å². The monoisotopic (exact) mass is 212 g/mol. The Labute approximate surface area is 87.5 Å². The lowest BCUT2D eigenvalue weighted by molar-refractivity contribution is 0.0480. The highest BCUT2D eigenvalue weighted by Gasteiger charge is 2.09. The van der Waals surface area contributed by atoms with Gasteiger partial charge in [-0.15, -0.1) is 0 Å². The molecule has 0 saturated carbocycles. The van der Waals surface area contributed by atoms with Crippen molar-refractivity contribution in [1.82, 2.24) is 0 Å². The minimum atomic E-state index is -0.788. The molecular formula is C10H12O5. The summed E-state index contributed by atoms with van der Waals surface area (Å²) in [4.78, 5) is 10.9. The normalized spacial score (nSPS) is 9.47. The van der Waals surface area contributed by atoms with E-state index in [1.165, 1.54) is 14.2 Å². The summed E-state index contributed by atoms with van der Waals surface area (Å²) < 4.78 is 19.1. The van der Waals surface area contributed by atoms with Gasteiger partial charge in [0.1, 0.15) is 0 Å². The molecule has 0 atom stereocenters. The van der Waals surface area contributed by atoms with Gasteiger partial charge in [-0.05, 0) is 12.1 Å². The molecule has 1 aromatic carbocycles. The van der Waals surface area contributed by atoms with E-state index in [2.05, 4.69) is 4.74 Å². The largest absolute Gasteiger partial charge is 0.513 e. The Morgan fingerprint density at radius 3 is 2.47 bits per heavy atom. The molecule has 0 aliphatic heterocycles. The van der Waals surface area contributed by atoms with Crippen LogP contribution in [0.4, 0.5) is 4.79 Å². The molecule has 0 N–H and O–H groups in total. The van der Waals surface area contributed by atoms with Gasteiger partial charge >= 0.3 is 6.16 Å². The van der Waals surface area contributed by atoms with Crippen LogP contribution < -0.4 is 9.47 Å². The molecule has 0 radical (unpaired) electrons. The number of methoxy groups -OCH3 is 2.